The molecule has 1 fully saturated rings. The molecule has 1 aromatic heterocycles. The second kappa shape index (κ2) is 5.98. The quantitative estimate of drug-likeness (QED) is 0.914. The molecule has 3 rings (SSSR count). The van der Waals surface area contributed by atoms with Gasteiger partial charge in [-0.1, -0.05) is 23.7 Å². The minimum Gasteiger partial charge on any atom is -0.312 e. The number of hydrogen-bond donors (Lipinski definition) is 1. The van der Waals surface area contributed by atoms with Gasteiger partial charge in [0.1, 0.15) is 0 Å². The van der Waals surface area contributed by atoms with Crippen LogP contribution in [0.4, 0.5) is 0 Å². The Morgan fingerprint density at radius 3 is 2.70 bits per heavy atom. The Morgan fingerprint density at radius 1 is 1.30 bits per heavy atom. The van der Waals surface area contributed by atoms with Crippen molar-refractivity contribution in [2.75, 3.05) is 6.54 Å². The fraction of sp³-hybridized carbons (Fsp3) is 0.438. The fourth-order valence-corrected chi connectivity index (χ4v) is 2.89. The third-order valence-corrected chi connectivity index (χ3v) is 4.27. The molecule has 0 amide bonds. The number of hydrogen-bond acceptors (Lipinski definition) is 2. The minimum atomic E-state index is 0.646. The maximum atomic E-state index is 5.91. The van der Waals surface area contributed by atoms with Crippen molar-refractivity contribution >= 4 is 11.6 Å². The zero-order chi connectivity index (χ0) is 13.9. The van der Waals surface area contributed by atoms with E-state index in [-0.39, 0.29) is 0 Å². The molecular formula is C16H20ClN3. The van der Waals surface area contributed by atoms with Gasteiger partial charge in [0.25, 0.3) is 0 Å². The van der Waals surface area contributed by atoms with Crippen molar-refractivity contribution in [3.8, 4) is 0 Å². The first-order valence-corrected chi connectivity index (χ1v) is 7.56. The average Bonchev–Trinajstić information content (AvgIpc) is 2.80. The predicted molar refractivity (Wildman–Crippen MR) is 82.2 cm³/mol. The molecule has 1 aliphatic carbocycles. The molecule has 3 nitrogen and oxygen atoms in total. The Bertz CT molecular complexity index is 555. The van der Waals surface area contributed by atoms with Gasteiger partial charge in [-0.3, -0.25) is 4.68 Å². The first kappa shape index (κ1) is 13.7. The van der Waals surface area contributed by atoms with E-state index in [0.29, 0.717) is 12.0 Å². The highest BCUT2D eigenvalue weighted by molar-refractivity contribution is 6.30. The van der Waals surface area contributed by atoms with Gasteiger partial charge in [0.15, 0.2) is 0 Å². The van der Waals surface area contributed by atoms with Gasteiger partial charge in [-0.25, -0.2) is 0 Å². The molecule has 1 aliphatic rings. The SMILES string of the molecule is Cc1cnn(CCNC2CC(c3ccc(Cl)cc3)C2)c1. The monoisotopic (exact) mass is 289 g/mol. The molecule has 4 heteroatoms. The first-order valence-electron chi connectivity index (χ1n) is 7.18. The van der Waals surface area contributed by atoms with E-state index in [9.17, 15) is 0 Å². The standard InChI is InChI=1S/C16H20ClN3/c1-12-10-19-20(11-12)7-6-18-16-8-14(9-16)13-2-4-15(17)5-3-13/h2-5,10-11,14,16,18H,6-9H2,1H3. The van der Waals surface area contributed by atoms with E-state index in [1.165, 1.54) is 24.0 Å². The Balaban J connectivity index is 1.39. The lowest BCUT2D eigenvalue weighted by molar-refractivity contribution is 0.286. The number of aryl methyl sites for hydroxylation is 1. The van der Waals surface area contributed by atoms with Crippen LogP contribution < -0.4 is 5.32 Å². The van der Waals surface area contributed by atoms with Gasteiger partial charge < -0.3 is 5.32 Å². The highest BCUT2D eigenvalue weighted by atomic mass is 35.5. The van der Waals surface area contributed by atoms with E-state index >= 15 is 0 Å². The van der Waals surface area contributed by atoms with E-state index in [4.69, 9.17) is 11.6 Å². The molecule has 0 aliphatic heterocycles. The van der Waals surface area contributed by atoms with Crippen LogP contribution in [0.3, 0.4) is 0 Å². The zero-order valence-corrected chi connectivity index (χ0v) is 12.5. The van der Waals surface area contributed by atoms with E-state index in [1.807, 2.05) is 23.0 Å². The highest BCUT2D eigenvalue weighted by Crippen LogP contribution is 2.37. The minimum absolute atomic E-state index is 0.646. The van der Waals surface area contributed by atoms with Crippen LogP contribution in [0.1, 0.15) is 29.9 Å². The van der Waals surface area contributed by atoms with E-state index in [2.05, 4.69) is 35.7 Å². The van der Waals surface area contributed by atoms with Crippen LogP contribution in [0.25, 0.3) is 0 Å². The second-order valence-electron chi connectivity index (χ2n) is 5.65. The molecular weight excluding hydrogens is 270 g/mol. The van der Waals surface area contributed by atoms with Gasteiger partial charge in [-0.05, 0) is 48.9 Å². The Hall–Kier alpha value is -1.32. The summed E-state index contributed by atoms with van der Waals surface area (Å²) < 4.78 is 2.00. The molecule has 0 atom stereocenters. The van der Waals surface area contributed by atoms with Crippen LogP contribution in [-0.2, 0) is 6.54 Å². The molecule has 0 unspecified atom stereocenters. The fourth-order valence-electron chi connectivity index (χ4n) is 2.76. The molecule has 20 heavy (non-hydrogen) atoms. The molecule has 1 heterocycles. The third kappa shape index (κ3) is 3.22. The van der Waals surface area contributed by atoms with Gasteiger partial charge in [0.05, 0.1) is 12.7 Å². The van der Waals surface area contributed by atoms with Crippen molar-refractivity contribution < 1.29 is 0 Å². The first-order chi connectivity index (χ1) is 9.70. The number of aromatic nitrogens is 2. The lowest BCUT2D eigenvalue weighted by Gasteiger charge is -2.36. The summed E-state index contributed by atoms with van der Waals surface area (Å²) in [6.45, 7) is 3.99. The van der Waals surface area contributed by atoms with Gasteiger partial charge >= 0.3 is 0 Å². The van der Waals surface area contributed by atoms with Crippen molar-refractivity contribution in [2.24, 2.45) is 0 Å². The topological polar surface area (TPSA) is 29.9 Å². The Morgan fingerprint density at radius 2 is 2.05 bits per heavy atom. The summed E-state index contributed by atoms with van der Waals surface area (Å²) in [6.07, 6.45) is 6.43. The number of nitrogens with zero attached hydrogens (tertiary/aromatic N) is 2. The van der Waals surface area contributed by atoms with Gasteiger partial charge in [-0.15, -0.1) is 0 Å². The third-order valence-electron chi connectivity index (χ3n) is 4.02. The summed E-state index contributed by atoms with van der Waals surface area (Å²) in [5, 5.41) is 8.71. The number of halogens is 1. The van der Waals surface area contributed by atoms with Crippen LogP contribution in [-0.4, -0.2) is 22.4 Å². The maximum Gasteiger partial charge on any atom is 0.0534 e. The van der Waals surface area contributed by atoms with Crippen molar-refractivity contribution in [1.82, 2.24) is 15.1 Å². The summed E-state index contributed by atoms with van der Waals surface area (Å²) in [6, 6.07) is 8.91. The molecule has 0 spiro atoms. The molecule has 1 N–H and O–H groups in total. The zero-order valence-electron chi connectivity index (χ0n) is 11.7. The van der Waals surface area contributed by atoms with Crippen LogP contribution >= 0.6 is 11.6 Å². The highest BCUT2D eigenvalue weighted by Gasteiger charge is 2.29. The Kier molecular flexibility index (Phi) is 4.08. The van der Waals surface area contributed by atoms with E-state index in [1.54, 1.807) is 0 Å². The van der Waals surface area contributed by atoms with Crippen molar-refractivity contribution in [3.63, 3.8) is 0 Å². The average molecular weight is 290 g/mol. The molecule has 106 valence electrons. The number of nitrogens with one attached hydrogen (secondary N) is 1. The van der Waals surface area contributed by atoms with Crippen LogP contribution in [0.2, 0.25) is 5.02 Å². The smallest absolute Gasteiger partial charge is 0.0534 e. The molecule has 1 saturated carbocycles. The summed E-state index contributed by atoms with van der Waals surface area (Å²) >= 11 is 5.91. The summed E-state index contributed by atoms with van der Waals surface area (Å²) in [7, 11) is 0. The van der Waals surface area contributed by atoms with E-state index in [0.717, 1.165) is 18.1 Å². The van der Waals surface area contributed by atoms with Gasteiger partial charge in [-0.2, -0.15) is 5.10 Å². The van der Waals surface area contributed by atoms with Gasteiger partial charge in [0.2, 0.25) is 0 Å². The summed E-state index contributed by atoms with van der Waals surface area (Å²) in [4.78, 5) is 0. The molecule has 0 saturated heterocycles. The maximum absolute atomic E-state index is 5.91. The van der Waals surface area contributed by atoms with Crippen molar-refractivity contribution in [2.45, 2.75) is 38.3 Å². The lowest BCUT2D eigenvalue weighted by Crippen LogP contribution is -2.41. The molecule has 2 aromatic rings. The Labute approximate surface area is 124 Å². The van der Waals surface area contributed by atoms with Crippen LogP contribution in [0.5, 0.6) is 0 Å². The normalized spacial score (nSPS) is 21.7. The lowest BCUT2D eigenvalue weighted by atomic mass is 9.76. The second-order valence-corrected chi connectivity index (χ2v) is 6.09. The van der Waals surface area contributed by atoms with Gasteiger partial charge in [0, 0.05) is 23.8 Å². The van der Waals surface area contributed by atoms with Crippen molar-refractivity contribution in [3.05, 3.63) is 52.8 Å². The van der Waals surface area contributed by atoms with Crippen LogP contribution in [0, 0.1) is 6.92 Å². The van der Waals surface area contributed by atoms with Crippen LogP contribution in [0.15, 0.2) is 36.7 Å². The largest absolute Gasteiger partial charge is 0.312 e. The summed E-state index contributed by atoms with van der Waals surface area (Å²) in [5.74, 6) is 0.691. The summed E-state index contributed by atoms with van der Waals surface area (Å²) in [5.41, 5.74) is 2.63. The predicted octanol–water partition coefficient (Wildman–Crippen LogP) is 3.38. The van der Waals surface area contributed by atoms with Crippen molar-refractivity contribution in [1.29, 1.82) is 0 Å². The van der Waals surface area contributed by atoms with E-state index < -0.39 is 0 Å². The molecule has 1 aromatic carbocycles. The molecule has 0 bridgehead atoms. The number of rotatable bonds is 5. The molecule has 0 radical (unpaired) electrons. The number of benzene rings is 1.